The number of rotatable bonds is 4. The molecule has 1 aliphatic heterocycles. The van der Waals surface area contributed by atoms with Crippen molar-refractivity contribution >= 4 is 15.8 Å². The maximum atomic E-state index is 12.9. The number of sulfonamides is 1. The summed E-state index contributed by atoms with van der Waals surface area (Å²) < 4.78 is 40.4. The first-order chi connectivity index (χ1) is 11.4. The zero-order chi connectivity index (χ0) is 17.2. The molecule has 2 aromatic rings. The molecule has 2 heterocycles. The summed E-state index contributed by atoms with van der Waals surface area (Å²) in [5.41, 5.74) is 0.964. The standard InChI is InChI=1S/C17H20FN3O2S/c1-13-3-2-4-17(19-13)21-11-9-15(10-12-21)20-24(22,23)16-7-5-14(18)6-8-16/h2-8,15,20H,9-12H2,1H3. The summed E-state index contributed by atoms with van der Waals surface area (Å²) in [6.45, 7) is 3.44. The summed E-state index contributed by atoms with van der Waals surface area (Å²) in [4.78, 5) is 6.76. The fraction of sp³-hybridized carbons (Fsp3) is 0.353. The molecule has 0 atom stereocenters. The van der Waals surface area contributed by atoms with Crippen molar-refractivity contribution in [2.24, 2.45) is 0 Å². The van der Waals surface area contributed by atoms with Crippen LogP contribution >= 0.6 is 0 Å². The molecular formula is C17H20FN3O2S. The van der Waals surface area contributed by atoms with Crippen molar-refractivity contribution in [3.8, 4) is 0 Å². The van der Waals surface area contributed by atoms with Gasteiger partial charge >= 0.3 is 0 Å². The van der Waals surface area contributed by atoms with Gasteiger partial charge in [0.1, 0.15) is 11.6 Å². The van der Waals surface area contributed by atoms with Gasteiger partial charge in [0.25, 0.3) is 0 Å². The highest BCUT2D eigenvalue weighted by Gasteiger charge is 2.25. The van der Waals surface area contributed by atoms with Crippen LogP contribution in [0.3, 0.4) is 0 Å². The highest BCUT2D eigenvalue weighted by Crippen LogP contribution is 2.20. The predicted molar refractivity (Wildman–Crippen MR) is 90.9 cm³/mol. The van der Waals surface area contributed by atoms with E-state index in [0.717, 1.165) is 36.7 Å². The molecule has 0 amide bonds. The van der Waals surface area contributed by atoms with Gasteiger partial charge in [0.15, 0.2) is 0 Å². The van der Waals surface area contributed by atoms with E-state index in [1.807, 2.05) is 25.1 Å². The molecule has 1 aromatic heterocycles. The van der Waals surface area contributed by atoms with Gasteiger partial charge < -0.3 is 4.90 Å². The van der Waals surface area contributed by atoms with Gasteiger partial charge in [-0.25, -0.2) is 22.5 Å². The molecule has 0 unspecified atom stereocenters. The summed E-state index contributed by atoms with van der Waals surface area (Å²) >= 11 is 0. The molecule has 128 valence electrons. The number of aromatic nitrogens is 1. The fourth-order valence-electron chi connectivity index (χ4n) is 2.83. The Morgan fingerprint density at radius 1 is 1.12 bits per heavy atom. The van der Waals surface area contributed by atoms with E-state index in [-0.39, 0.29) is 10.9 Å². The molecule has 1 saturated heterocycles. The van der Waals surface area contributed by atoms with E-state index < -0.39 is 15.8 Å². The van der Waals surface area contributed by atoms with Gasteiger partial charge in [0.2, 0.25) is 10.0 Å². The van der Waals surface area contributed by atoms with Crippen LogP contribution in [0.25, 0.3) is 0 Å². The Morgan fingerprint density at radius 2 is 1.79 bits per heavy atom. The molecule has 0 aliphatic carbocycles. The monoisotopic (exact) mass is 349 g/mol. The van der Waals surface area contributed by atoms with E-state index in [4.69, 9.17) is 0 Å². The lowest BCUT2D eigenvalue weighted by molar-refractivity contribution is 0.458. The van der Waals surface area contributed by atoms with Crippen LogP contribution in [-0.4, -0.2) is 32.5 Å². The third kappa shape index (κ3) is 3.91. The molecule has 3 rings (SSSR count). The Morgan fingerprint density at radius 3 is 2.42 bits per heavy atom. The summed E-state index contributed by atoms with van der Waals surface area (Å²) in [6, 6.07) is 10.6. The minimum absolute atomic E-state index is 0.0895. The minimum Gasteiger partial charge on any atom is -0.356 e. The van der Waals surface area contributed by atoms with Crippen molar-refractivity contribution in [1.29, 1.82) is 0 Å². The van der Waals surface area contributed by atoms with E-state index in [1.54, 1.807) is 0 Å². The molecular weight excluding hydrogens is 329 g/mol. The second-order valence-corrected chi connectivity index (χ2v) is 7.69. The topological polar surface area (TPSA) is 62.3 Å². The highest BCUT2D eigenvalue weighted by atomic mass is 32.2. The first kappa shape index (κ1) is 16.9. The van der Waals surface area contributed by atoms with E-state index >= 15 is 0 Å². The summed E-state index contributed by atoms with van der Waals surface area (Å²) in [5.74, 6) is 0.475. The van der Waals surface area contributed by atoms with Crippen molar-refractivity contribution in [2.75, 3.05) is 18.0 Å². The summed E-state index contributed by atoms with van der Waals surface area (Å²) in [6.07, 6.45) is 1.41. The van der Waals surface area contributed by atoms with E-state index in [2.05, 4.69) is 14.6 Å². The predicted octanol–water partition coefficient (Wildman–Crippen LogP) is 2.48. The molecule has 7 heteroatoms. The van der Waals surface area contributed by atoms with Gasteiger partial charge in [0, 0.05) is 24.8 Å². The lowest BCUT2D eigenvalue weighted by Gasteiger charge is -2.33. The maximum Gasteiger partial charge on any atom is 0.240 e. The second-order valence-electron chi connectivity index (χ2n) is 5.97. The number of aryl methyl sites for hydroxylation is 1. The lowest BCUT2D eigenvalue weighted by Crippen LogP contribution is -2.44. The quantitative estimate of drug-likeness (QED) is 0.921. The molecule has 0 saturated carbocycles. The first-order valence-electron chi connectivity index (χ1n) is 7.90. The Bertz CT molecular complexity index is 801. The Kier molecular flexibility index (Phi) is 4.82. The van der Waals surface area contributed by atoms with Gasteiger partial charge in [0.05, 0.1) is 4.90 Å². The van der Waals surface area contributed by atoms with E-state index in [0.29, 0.717) is 12.8 Å². The molecule has 0 bridgehead atoms. The van der Waals surface area contributed by atoms with Gasteiger partial charge in [-0.1, -0.05) is 6.07 Å². The smallest absolute Gasteiger partial charge is 0.240 e. The van der Waals surface area contributed by atoms with Crippen molar-refractivity contribution in [3.63, 3.8) is 0 Å². The highest BCUT2D eigenvalue weighted by molar-refractivity contribution is 7.89. The molecule has 1 fully saturated rings. The van der Waals surface area contributed by atoms with Crippen molar-refractivity contribution in [1.82, 2.24) is 9.71 Å². The molecule has 24 heavy (non-hydrogen) atoms. The molecule has 1 N–H and O–H groups in total. The zero-order valence-corrected chi connectivity index (χ0v) is 14.3. The number of halogens is 1. The number of hydrogen-bond acceptors (Lipinski definition) is 4. The Hall–Kier alpha value is -1.99. The third-order valence-electron chi connectivity index (χ3n) is 4.14. The van der Waals surface area contributed by atoms with Crippen LogP contribution in [-0.2, 0) is 10.0 Å². The molecule has 1 aromatic carbocycles. The number of benzene rings is 1. The third-order valence-corrected chi connectivity index (χ3v) is 5.67. The van der Waals surface area contributed by atoms with Gasteiger partial charge in [-0.3, -0.25) is 0 Å². The number of piperidine rings is 1. The van der Waals surface area contributed by atoms with Crippen LogP contribution in [0.5, 0.6) is 0 Å². The summed E-state index contributed by atoms with van der Waals surface area (Å²) in [7, 11) is -3.62. The van der Waals surface area contributed by atoms with Crippen LogP contribution in [0.1, 0.15) is 18.5 Å². The van der Waals surface area contributed by atoms with Crippen molar-refractivity contribution in [3.05, 3.63) is 54.0 Å². The summed E-state index contributed by atoms with van der Waals surface area (Å²) in [5, 5.41) is 0. The van der Waals surface area contributed by atoms with Gasteiger partial charge in [-0.15, -0.1) is 0 Å². The maximum absolute atomic E-state index is 12.9. The fourth-order valence-corrected chi connectivity index (χ4v) is 4.14. The number of pyridine rings is 1. The average Bonchev–Trinajstić information content (AvgIpc) is 2.55. The Labute approximate surface area is 141 Å². The van der Waals surface area contributed by atoms with Crippen LogP contribution in [0.15, 0.2) is 47.4 Å². The van der Waals surface area contributed by atoms with E-state index in [1.165, 1.54) is 12.1 Å². The van der Waals surface area contributed by atoms with Crippen LogP contribution < -0.4 is 9.62 Å². The van der Waals surface area contributed by atoms with Crippen molar-refractivity contribution < 1.29 is 12.8 Å². The Balaban J connectivity index is 1.62. The SMILES string of the molecule is Cc1cccc(N2CCC(NS(=O)(=O)c3ccc(F)cc3)CC2)n1. The van der Waals surface area contributed by atoms with Crippen molar-refractivity contribution in [2.45, 2.75) is 30.7 Å². The second kappa shape index (κ2) is 6.86. The molecule has 5 nitrogen and oxygen atoms in total. The van der Waals surface area contributed by atoms with Gasteiger partial charge in [-0.2, -0.15) is 0 Å². The van der Waals surface area contributed by atoms with Crippen LogP contribution in [0, 0.1) is 12.7 Å². The normalized spacial score (nSPS) is 16.3. The number of hydrogen-bond donors (Lipinski definition) is 1. The van der Waals surface area contributed by atoms with Gasteiger partial charge in [-0.05, 0) is 56.2 Å². The minimum atomic E-state index is -3.62. The number of nitrogens with one attached hydrogen (secondary N) is 1. The average molecular weight is 349 g/mol. The lowest BCUT2D eigenvalue weighted by atomic mass is 10.1. The van der Waals surface area contributed by atoms with E-state index in [9.17, 15) is 12.8 Å². The molecule has 0 radical (unpaired) electrons. The van der Waals surface area contributed by atoms with Crippen LogP contribution in [0.2, 0.25) is 0 Å². The first-order valence-corrected chi connectivity index (χ1v) is 9.39. The zero-order valence-electron chi connectivity index (χ0n) is 13.4. The number of anilines is 1. The largest absolute Gasteiger partial charge is 0.356 e. The molecule has 1 aliphatic rings. The molecule has 0 spiro atoms. The van der Waals surface area contributed by atoms with Crippen LogP contribution in [0.4, 0.5) is 10.2 Å². The number of nitrogens with zero attached hydrogens (tertiary/aromatic N) is 2.